The van der Waals surface area contributed by atoms with Crippen molar-refractivity contribution in [3.05, 3.63) is 34.9 Å². The molecule has 0 radical (unpaired) electrons. The van der Waals surface area contributed by atoms with E-state index in [9.17, 15) is 4.79 Å². The molecule has 0 amide bonds. The minimum absolute atomic E-state index is 0.208. The van der Waals surface area contributed by atoms with E-state index >= 15 is 0 Å². The van der Waals surface area contributed by atoms with Gasteiger partial charge < -0.3 is 10.2 Å². The molecule has 5 heteroatoms. The number of hydrogen-bond donors (Lipinski definition) is 1. The van der Waals surface area contributed by atoms with Crippen LogP contribution < -0.4 is 5.43 Å². The van der Waals surface area contributed by atoms with Gasteiger partial charge in [-0.15, -0.1) is 5.10 Å². The van der Waals surface area contributed by atoms with Crippen molar-refractivity contribution in [2.75, 3.05) is 7.05 Å². The molecule has 0 unspecified atom stereocenters. The first kappa shape index (κ1) is 10.5. The Balaban J connectivity index is 2.93. The Hall–Kier alpha value is -1.55. The van der Waals surface area contributed by atoms with Crippen molar-refractivity contribution in [2.45, 2.75) is 0 Å². The van der Waals surface area contributed by atoms with Gasteiger partial charge in [-0.1, -0.05) is 11.6 Å². The van der Waals surface area contributed by atoms with Gasteiger partial charge in [0.05, 0.1) is 0 Å². The van der Waals surface area contributed by atoms with Crippen LogP contribution in [0, 0.1) is 0 Å². The SMILES string of the molecule is CN/N=C(\OC=O)c1ccc(Cl)cc1. The summed E-state index contributed by atoms with van der Waals surface area (Å²) in [6.07, 6.45) is 0. The van der Waals surface area contributed by atoms with Crippen molar-refractivity contribution in [1.82, 2.24) is 5.43 Å². The van der Waals surface area contributed by atoms with Crippen molar-refractivity contribution in [3.63, 3.8) is 0 Å². The summed E-state index contributed by atoms with van der Waals surface area (Å²) in [7, 11) is 1.62. The van der Waals surface area contributed by atoms with Crippen LogP contribution in [0.25, 0.3) is 0 Å². The summed E-state index contributed by atoms with van der Waals surface area (Å²) in [5.74, 6) is 0.208. The number of rotatable bonds is 3. The second-order valence-electron chi connectivity index (χ2n) is 2.36. The van der Waals surface area contributed by atoms with Gasteiger partial charge in [-0.25, -0.2) is 0 Å². The van der Waals surface area contributed by atoms with E-state index in [1.807, 2.05) is 0 Å². The Labute approximate surface area is 86.5 Å². The molecule has 0 bridgehead atoms. The lowest BCUT2D eigenvalue weighted by atomic mass is 10.2. The minimum Gasteiger partial charge on any atom is -0.407 e. The van der Waals surface area contributed by atoms with Gasteiger partial charge in [0.1, 0.15) is 0 Å². The Morgan fingerprint density at radius 2 is 2.14 bits per heavy atom. The van der Waals surface area contributed by atoms with E-state index in [0.29, 0.717) is 17.1 Å². The lowest BCUT2D eigenvalue weighted by Crippen LogP contribution is -2.10. The van der Waals surface area contributed by atoms with Crippen molar-refractivity contribution in [1.29, 1.82) is 0 Å². The highest BCUT2D eigenvalue weighted by atomic mass is 35.5. The van der Waals surface area contributed by atoms with Gasteiger partial charge in [0.2, 0.25) is 5.90 Å². The van der Waals surface area contributed by atoms with Crippen LogP contribution in [0.2, 0.25) is 5.02 Å². The maximum Gasteiger partial charge on any atom is 0.299 e. The van der Waals surface area contributed by atoms with Crippen LogP contribution in [0.4, 0.5) is 0 Å². The first-order valence-electron chi connectivity index (χ1n) is 3.88. The van der Waals surface area contributed by atoms with E-state index < -0.39 is 0 Å². The number of nitrogens with one attached hydrogen (secondary N) is 1. The second kappa shape index (κ2) is 5.24. The van der Waals surface area contributed by atoms with Crippen LogP contribution in [0.3, 0.4) is 0 Å². The summed E-state index contributed by atoms with van der Waals surface area (Å²) in [5.41, 5.74) is 3.21. The first-order chi connectivity index (χ1) is 6.77. The van der Waals surface area contributed by atoms with E-state index in [1.165, 1.54) is 0 Å². The molecule has 14 heavy (non-hydrogen) atoms. The topological polar surface area (TPSA) is 50.7 Å². The molecule has 0 fully saturated rings. The van der Waals surface area contributed by atoms with Gasteiger partial charge in [-0.05, 0) is 24.3 Å². The molecule has 0 heterocycles. The fraction of sp³-hybridized carbons (Fsp3) is 0.111. The zero-order valence-electron chi connectivity index (χ0n) is 7.53. The predicted octanol–water partition coefficient (Wildman–Crippen LogP) is 1.39. The highest BCUT2D eigenvalue weighted by molar-refractivity contribution is 6.30. The lowest BCUT2D eigenvalue weighted by Gasteiger charge is -2.02. The van der Waals surface area contributed by atoms with Crippen molar-refractivity contribution in [3.8, 4) is 0 Å². The monoisotopic (exact) mass is 212 g/mol. The molecule has 1 rings (SSSR count). The maximum atomic E-state index is 10.2. The number of hydrogen-bond acceptors (Lipinski definition) is 4. The third kappa shape index (κ3) is 2.74. The summed E-state index contributed by atoms with van der Waals surface area (Å²) < 4.78 is 4.67. The highest BCUT2D eigenvalue weighted by Gasteiger charge is 2.03. The highest BCUT2D eigenvalue weighted by Crippen LogP contribution is 2.10. The van der Waals surface area contributed by atoms with Crippen LogP contribution >= 0.6 is 11.6 Å². The van der Waals surface area contributed by atoms with Crippen LogP contribution in [-0.4, -0.2) is 19.4 Å². The van der Waals surface area contributed by atoms with Gasteiger partial charge in [0, 0.05) is 17.6 Å². The molecular weight excluding hydrogens is 204 g/mol. The number of halogens is 1. The van der Waals surface area contributed by atoms with Crippen molar-refractivity contribution >= 4 is 24.0 Å². The zero-order chi connectivity index (χ0) is 10.4. The standard InChI is InChI=1S/C9H9ClN2O2/c1-11-12-9(14-6-13)7-2-4-8(10)5-3-7/h2-6,11H,1H3/b12-9-. The minimum atomic E-state index is 0.208. The van der Waals surface area contributed by atoms with Gasteiger partial charge >= 0.3 is 0 Å². The fourth-order valence-corrected chi connectivity index (χ4v) is 1.02. The summed E-state index contributed by atoms with van der Waals surface area (Å²) in [6, 6.07) is 6.80. The van der Waals surface area contributed by atoms with Gasteiger partial charge in [0.25, 0.3) is 6.47 Å². The number of carbonyl (C=O) groups excluding carboxylic acids is 1. The number of benzene rings is 1. The molecule has 1 aromatic rings. The summed E-state index contributed by atoms with van der Waals surface area (Å²) in [5, 5.41) is 4.40. The average molecular weight is 213 g/mol. The van der Waals surface area contributed by atoms with Crippen LogP contribution in [0.15, 0.2) is 29.4 Å². The normalized spacial score (nSPS) is 10.9. The smallest absolute Gasteiger partial charge is 0.299 e. The molecule has 0 saturated heterocycles. The fourth-order valence-electron chi connectivity index (χ4n) is 0.899. The van der Waals surface area contributed by atoms with E-state index in [0.717, 1.165) is 0 Å². The van der Waals surface area contributed by atoms with E-state index in [-0.39, 0.29) is 5.90 Å². The third-order valence-corrected chi connectivity index (χ3v) is 1.72. The molecule has 0 aromatic heterocycles. The molecule has 74 valence electrons. The second-order valence-corrected chi connectivity index (χ2v) is 2.80. The largest absolute Gasteiger partial charge is 0.407 e. The average Bonchev–Trinajstić information content (AvgIpc) is 2.19. The molecule has 4 nitrogen and oxygen atoms in total. The van der Waals surface area contributed by atoms with Crippen LogP contribution in [-0.2, 0) is 9.53 Å². The Bertz CT molecular complexity index is 335. The Morgan fingerprint density at radius 3 is 2.64 bits per heavy atom. The van der Waals surface area contributed by atoms with E-state index in [2.05, 4.69) is 15.3 Å². The summed E-state index contributed by atoms with van der Waals surface area (Å²) in [6.45, 7) is 0.324. The summed E-state index contributed by atoms with van der Waals surface area (Å²) in [4.78, 5) is 10.2. The lowest BCUT2D eigenvalue weighted by molar-refractivity contribution is -0.121. The molecule has 0 aliphatic heterocycles. The van der Waals surface area contributed by atoms with Crippen LogP contribution in [0.1, 0.15) is 5.56 Å². The quantitative estimate of drug-likeness (QED) is 0.357. The van der Waals surface area contributed by atoms with Gasteiger partial charge in [-0.3, -0.25) is 4.79 Å². The van der Waals surface area contributed by atoms with Gasteiger partial charge in [0.15, 0.2) is 0 Å². The van der Waals surface area contributed by atoms with Crippen LogP contribution in [0.5, 0.6) is 0 Å². The molecule has 0 saturated carbocycles. The molecule has 1 aromatic carbocycles. The number of nitrogens with zero attached hydrogens (tertiary/aromatic N) is 1. The van der Waals surface area contributed by atoms with E-state index in [1.54, 1.807) is 31.3 Å². The molecular formula is C9H9ClN2O2. The first-order valence-corrected chi connectivity index (χ1v) is 4.26. The molecule has 0 spiro atoms. The number of ether oxygens (including phenoxy) is 1. The molecule has 0 aliphatic carbocycles. The Kier molecular flexibility index (Phi) is 3.94. The van der Waals surface area contributed by atoms with Crippen molar-refractivity contribution in [2.24, 2.45) is 5.10 Å². The molecule has 0 aliphatic rings. The zero-order valence-corrected chi connectivity index (χ0v) is 8.28. The summed E-state index contributed by atoms with van der Waals surface area (Å²) >= 11 is 5.70. The van der Waals surface area contributed by atoms with E-state index in [4.69, 9.17) is 11.6 Å². The Morgan fingerprint density at radius 1 is 1.50 bits per heavy atom. The number of hydrazone groups is 1. The molecule has 0 atom stereocenters. The predicted molar refractivity (Wildman–Crippen MR) is 54.2 cm³/mol. The number of carbonyl (C=O) groups is 1. The third-order valence-electron chi connectivity index (χ3n) is 1.46. The van der Waals surface area contributed by atoms with Gasteiger partial charge in [-0.2, -0.15) is 0 Å². The maximum absolute atomic E-state index is 10.2. The molecule has 1 N–H and O–H groups in total. The van der Waals surface area contributed by atoms with Crippen molar-refractivity contribution < 1.29 is 9.53 Å².